The van der Waals surface area contributed by atoms with Crippen molar-refractivity contribution >= 4 is 35.0 Å². The highest BCUT2D eigenvalue weighted by molar-refractivity contribution is 7.98. The number of hydrogen-bond donors (Lipinski definition) is 3. The lowest BCUT2D eigenvalue weighted by Crippen LogP contribution is -2.42. The Morgan fingerprint density at radius 3 is 2.95 bits per heavy atom. The normalized spacial score (nSPS) is 9.95. The van der Waals surface area contributed by atoms with Crippen molar-refractivity contribution in [2.75, 3.05) is 25.1 Å². The lowest BCUT2D eigenvalue weighted by molar-refractivity contribution is -0.120. The molecule has 19 heavy (non-hydrogen) atoms. The van der Waals surface area contributed by atoms with E-state index in [0.29, 0.717) is 11.7 Å². The van der Waals surface area contributed by atoms with Crippen LogP contribution in [-0.4, -0.2) is 36.1 Å². The van der Waals surface area contributed by atoms with E-state index >= 15 is 0 Å². The second kappa shape index (κ2) is 9.69. The molecule has 1 amide bonds. The summed E-state index contributed by atoms with van der Waals surface area (Å²) in [4.78, 5) is 11.5. The van der Waals surface area contributed by atoms with Crippen molar-refractivity contribution in [2.45, 2.75) is 13.0 Å². The number of carbonyl (C=O) groups is 1. The molecule has 1 aromatic rings. The van der Waals surface area contributed by atoms with Crippen LogP contribution in [0.2, 0.25) is 0 Å². The van der Waals surface area contributed by atoms with Crippen molar-refractivity contribution in [3.8, 4) is 0 Å². The zero-order valence-corrected chi connectivity index (χ0v) is 12.5. The number of nitrogens with one attached hydrogen (secondary N) is 3. The van der Waals surface area contributed by atoms with Crippen molar-refractivity contribution in [3.05, 3.63) is 24.2 Å². The average molecular weight is 301 g/mol. The third kappa shape index (κ3) is 7.74. The fraction of sp³-hybridized carbons (Fsp3) is 0.500. The standard InChI is InChI=1S/C12H19N3O2S2/c1-19-7-3-5-13-12(18)15-9-11(16)14-8-10-4-2-6-17-10/h2,4,6H,3,5,7-9H2,1H3,(H,14,16)(H2,13,15,18). The zero-order valence-electron chi connectivity index (χ0n) is 10.9. The highest BCUT2D eigenvalue weighted by Gasteiger charge is 2.03. The summed E-state index contributed by atoms with van der Waals surface area (Å²) in [5, 5.41) is 9.15. The molecule has 1 rings (SSSR count). The number of thioether (sulfide) groups is 1. The first-order valence-electron chi connectivity index (χ1n) is 6.02. The van der Waals surface area contributed by atoms with Gasteiger partial charge in [0.25, 0.3) is 0 Å². The number of rotatable bonds is 8. The Hall–Kier alpha value is -1.21. The van der Waals surface area contributed by atoms with Gasteiger partial charge in [0.05, 0.1) is 19.4 Å². The first-order valence-corrected chi connectivity index (χ1v) is 7.82. The van der Waals surface area contributed by atoms with Crippen LogP contribution in [0.4, 0.5) is 0 Å². The van der Waals surface area contributed by atoms with E-state index in [-0.39, 0.29) is 12.5 Å². The average Bonchev–Trinajstić information content (AvgIpc) is 2.92. The van der Waals surface area contributed by atoms with Crippen LogP contribution in [-0.2, 0) is 11.3 Å². The van der Waals surface area contributed by atoms with Gasteiger partial charge in [0, 0.05) is 6.54 Å². The summed E-state index contributed by atoms with van der Waals surface area (Å²) in [6, 6.07) is 3.60. The maximum absolute atomic E-state index is 11.5. The predicted octanol–water partition coefficient (Wildman–Crippen LogP) is 1.11. The summed E-state index contributed by atoms with van der Waals surface area (Å²) in [6.45, 7) is 1.37. The molecule has 0 aliphatic heterocycles. The summed E-state index contributed by atoms with van der Waals surface area (Å²) >= 11 is 6.86. The lowest BCUT2D eigenvalue weighted by Gasteiger charge is -2.10. The fourth-order valence-electron chi connectivity index (χ4n) is 1.30. The molecule has 7 heteroatoms. The van der Waals surface area contributed by atoms with Gasteiger partial charge in [-0.15, -0.1) is 0 Å². The van der Waals surface area contributed by atoms with Gasteiger partial charge in [0.15, 0.2) is 5.11 Å². The van der Waals surface area contributed by atoms with Crippen LogP contribution < -0.4 is 16.0 Å². The molecule has 1 aromatic heterocycles. The maximum atomic E-state index is 11.5. The number of thiocarbonyl (C=S) groups is 1. The van der Waals surface area contributed by atoms with Gasteiger partial charge < -0.3 is 20.4 Å². The summed E-state index contributed by atoms with van der Waals surface area (Å²) < 4.78 is 5.11. The van der Waals surface area contributed by atoms with Crippen LogP contribution in [0.15, 0.2) is 22.8 Å². The van der Waals surface area contributed by atoms with Crippen LogP contribution in [0.5, 0.6) is 0 Å². The Morgan fingerprint density at radius 1 is 1.42 bits per heavy atom. The van der Waals surface area contributed by atoms with Crippen molar-refractivity contribution in [1.29, 1.82) is 0 Å². The van der Waals surface area contributed by atoms with Crippen LogP contribution in [0.25, 0.3) is 0 Å². The monoisotopic (exact) mass is 301 g/mol. The smallest absolute Gasteiger partial charge is 0.239 e. The van der Waals surface area contributed by atoms with E-state index in [1.165, 1.54) is 0 Å². The Kier molecular flexibility index (Phi) is 8.08. The lowest BCUT2D eigenvalue weighted by atomic mass is 10.4. The Bertz CT molecular complexity index is 382. The van der Waals surface area contributed by atoms with Gasteiger partial charge >= 0.3 is 0 Å². The number of carbonyl (C=O) groups excluding carboxylic acids is 1. The molecule has 0 aromatic carbocycles. The molecule has 0 fully saturated rings. The molecular formula is C12H19N3O2S2. The topological polar surface area (TPSA) is 66.3 Å². The van der Waals surface area contributed by atoms with E-state index in [2.05, 4.69) is 22.2 Å². The minimum atomic E-state index is -0.121. The highest BCUT2D eigenvalue weighted by atomic mass is 32.2. The first-order chi connectivity index (χ1) is 9.22. The van der Waals surface area contributed by atoms with Crippen LogP contribution >= 0.6 is 24.0 Å². The molecule has 0 atom stereocenters. The van der Waals surface area contributed by atoms with Crippen LogP contribution in [0.1, 0.15) is 12.2 Å². The second-order valence-electron chi connectivity index (χ2n) is 3.81. The number of hydrogen-bond acceptors (Lipinski definition) is 4. The van der Waals surface area contributed by atoms with Gasteiger partial charge in [-0.25, -0.2) is 0 Å². The number of furan rings is 1. The Labute approximate surface area is 122 Å². The maximum Gasteiger partial charge on any atom is 0.239 e. The molecule has 5 nitrogen and oxygen atoms in total. The molecule has 3 N–H and O–H groups in total. The van der Waals surface area contributed by atoms with E-state index in [0.717, 1.165) is 24.5 Å². The van der Waals surface area contributed by atoms with Crippen LogP contribution in [0.3, 0.4) is 0 Å². The predicted molar refractivity (Wildman–Crippen MR) is 82.2 cm³/mol. The van der Waals surface area contributed by atoms with Gasteiger partial charge in [-0.2, -0.15) is 11.8 Å². The Balaban J connectivity index is 2.04. The second-order valence-corrected chi connectivity index (χ2v) is 5.21. The van der Waals surface area contributed by atoms with Crippen molar-refractivity contribution in [1.82, 2.24) is 16.0 Å². The van der Waals surface area contributed by atoms with E-state index in [9.17, 15) is 4.79 Å². The van der Waals surface area contributed by atoms with E-state index in [1.807, 2.05) is 6.07 Å². The molecule has 0 saturated carbocycles. The molecular weight excluding hydrogens is 282 g/mol. The highest BCUT2D eigenvalue weighted by Crippen LogP contribution is 1.97. The molecule has 0 unspecified atom stereocenters. The first kappa shape index (κ1) is 15.8. The molecule has 106 valence electrons. The van der Waals surface area contributed by atoms with Crippen molar-refractivity contribution in [2.24, 2.45) is 0 Å². The number of amides is 1. The molecule has 0 aliphatic carbocycles. The molecule has 0 saturated heterocycles. The van der Waals surface area contributed by atoms with Crippen molar-refractivity contribution in [3.63, 3.8) is 0 Å². The zero-order chi connectivity index (χ0) is 13.9. The molecule has 0 spiro atoms. The van der Waals surface area contributed by atoms with Gasteiger partial charge in [-0.05, 0) is 42.8 Å². The third-order valence-electron chi connectivity index (χ3n) is 2.26. The Morgan fingerprint density at radius 2 is 2.26 bits per heavy atom. The molecule has 0 radical (unpaired) electrons. The van der Waals surface area contributed by atoms with Gasteiger partial charge in [0.2, 0.25) is 5.91 Å². The fourth-order valence-corrected chi connectivity index (χ4v) is 1.91. The SMILES string of the molecule is CSCCCNC(=S)NCC(=O)NCc1ccco1. The third-order valence-corrected chi connectivity index (χ3v) is 3.25. The van der Waals surface area contributed by atoms with Crippen LogP contribution in [0, 0.1) is 0 Å². The summed E-state index contributed by atoms with van der Waals surface area (Å²) in [7, 11) is 0. The minimum absolute atomic E-state index is 0.121. The molecule has 0 aliphatic rings. The van der Waals surface area contributed by atoms with Crippen molar-refractivity contribution < 1.29 is 9.21 Å². The van der Waals surface area contributed by atoms with Gasteiger partial charge in [-0.3, -0.25) is 4.79 Å². The summed E-state index contributed by atoms with van der Waals surface area (Å²) in [5.74, 6) is 1.70. The van der Waals surface area contributed by atoms with E-state index < -0.39 is 0 Å². The van der Waals surface area contributed by atoms with Gasteiger partial charge in [0.1, 0.15) is 5.76 Å². The molecule has 0 bridgehead atoms. The van der Waals surface area contributed by atoms with Gasteiger partial charge in [-0.1, -0.05) is 0 Å². The summed E-state index contributed by atoms with van der Waals surface area (Å²) in [6.07, 6.45) is 4.70. The quantitative estimate of drug-likeness (QED) is 0.494. The van der Waals surface area contributed by atoms with E-state index in [1.54, 1.807) is 24.1 Å². The van der Waals surface area contributed by atoms with E-state index in [4.69, 9.17) is 16.6 Å². The summed E-state index contributed by atoms with van der Waals surface area (Å²) in [5.41, 5.74) is 0. The largest absolute Gasteiger partial charge is 0.467 e. The molecule has 1 heterocycles. The minimum Gasteiger partial charge on any atom is -0.467 e.